The first kappa shape index (κ1) is 13.8. The topological polar surface area (TPSA) is 54.4 Å². The van der Waals surface area contributed by atoms with Gasteiger partial charge in [-0.2, -0.15) is 0 Å². The fourth-order valence-corrected chi connectivity index (χ4v) is 2.71. The molecule has 1 aromatic rings. The molecule has 0 amide bonds. The molecule has 0 saturated heterocycles. The number of benzene rings is 1. The number of para-hydroxylation sites is 1. The molecule has 102 valence electrons. The molecular weight excluding hydrogens is 240 g/mol. The maximum absolute atomic E-state index is 12.1. The number of hydrogen-bond donors (Lipinski definition) is 1. The van der Waals surface area contributed by atoms with Gasteiger partial charge in [0.25, 0.3) is 0 Å². The maximum Gasteiger partial charge on any atom is 0.173 e. The van der Waals surface area contributed by atoms with E-state index in [1.807, 2.05) is 0 Å². The van der Waals surface area contributed by atoms with E-state index in [4.69, 9.17) is 0 Å². The summed E-state index contributed by atoms with van der Waals surface area (Å²) in [4.78, 5) is 24.2. The molecule has 0 atom stereocenters. The number of Topliss-reactive ketones (excluding diaryl/α,β-unsaturated/α-hetero) is 2. The minimum atomic E-state index is -0.267. The van der Waals surface area contributed by atoms with Crippen LogP contribution in [0.15, 0.2) is 18.2 Å². The van der Waals surface area contributed by atoms with Crippen molar-refractivity contribution in [1.29, 1.82) is 0 Å². The predicted molar refractivity (Wildman–Crippen MR) is 73.4 cm³/mol. The number of ketones is 2. The highest BCUT2D eigenvalue weighted by Gasteiger charge is 2.24. The van der Waals surface area contributed by atoms with Crippen molar-refractivity contribution in [2.24, 2.45) is 5.92 Å². The fourth-order valence-electron chi connectivity index (χ4n) is 2.71. The first-order chi connectivity index (χ1) is 9.09. The van der Waals surface area contributed by atoms with E-state index in [2.05, 4.69) is 0 Å². The average molecular weight is 260 g/mol. The van der Waals surface area contributed by atoms with E-state index in [-0.39, 0.29) is 35.2 Å². The molecule has 0 unspecified atom stereocenters. The van der Waals surface area contributed by atoms with Crippen LogP contribution in [-0.2, 0) is 4.79 Å². The van der Waals surface area contributed by atoms with Gasteiger partial charge in [0, 0.05) is 5.92 Å². The summed E-state index contributed by atoms with van der Waals surface area (Å²) in [5, 5.41) is 9.86. The molecule has 3 heteroatoms. The molecule has 0 radical (unpaired) electrons. The largest absolute Gasteiger partial charge is 0.507 e. The van der Waals surface area contributed by atoms with E-state index < -0.39 is 0 Å². The highest BCUT2D eigenvalue weighted by molar-refractivity contribution is 6.10. The van der Waals surface area contributed by atoms with Gasteiger partial charge in [-0.05, 0) is 31.4 Å². The lowest BCUT2D eigenvalue weighted by molar-refractivity contribution is -0.122. The van der Waals surface area contributed by atoms with Gasteiger partial charge in [0.05, 0.1) is 12.0 Å². The Hall–Kier alpha value is -1.64. The number of rotatable bonds is 4. The van der Waals surface area contributed by atoms with Crippen molar-refractivity contribution < 1.29 is 14.7 Å². The Morgan fingerprint density at radius 1 is 1.21 bits per heavy atom. The summed E-state index contributed by atoms with van der Waals surface area (Å²) in [6.45, 7) is 1.75. The summed E-state index contributed by atoms with van der Waals surface area (Å²) < 4.78 is 0. The third-order valence-electron chi connectivity index (χ3n) is 3.93. The first-order valence-corrected chi connectivity index (χ1v) is 6.94. The molecule has 1 N–H and O–H groups in total. The third kappa shape index (κ3) is 3.22. The van der Waals surface area contributed by atoms with Gasteiger partial charge in [-0.25, -0.2) is 0 Å². The third-order valence-corrected chi connectivity index (χ3v) is 3.93. The van der Waals surface area contributed by atoms with Gasteiger partial charge in [-0.15, -0.1) is 0 Å². The van der Waals surface area contributed by atoms with E-state index >= 15 is 0 Å². The van der Waals surface area contributed by atoms with E-state index in [1.54, 1.807) is 25.1 Å². The van der Waals surface area contributed by atoms with Gasteiger partial charge in [-0.1, -0.05) is 31.4 Å². The normalized spacial score (nSPS) is 16.3. The van der Waals surface area contributed by atoms with Crippen molar-refractivity contribution >= 4 is 11.6 Å². The molecule has 0 spiro atoms. The van der Waals surface area contributed by atoms with Gasteiger partial charge in [0.15, 0.2) is 5.78 Å². The molecule has 1 aliphatic rings. The molecular formula is C16H20O3. The van der Waals surface area contributed by atoms with Crippen molar-refractivity contribution in [1.82, 2.24) is 0 Å². The van der Waals surface area contributed by atoms with Gasteiger partial charge < -0.3 is 5.11 Å². The molecule has 0 aromatic heterocycles. The van der Waals surface area contributed by atoms with Crippen LogP contribution in [0.4, 0.5) is 0 Å². The van der Waals surface area contributed by atoms with Crippen LogP contribution in [0.3, 0.4) is 0 Å². The summed E-state index contributed by atoms with van der Waals surface area (Å²) in [5.41, 5.74) is 0.931. The Balaban J connectivity index is 2.04. The number of carbonyl (C=O) groups is 2. The lowest BCUT2D eigenvalue weighted by atomic mass is 9.84. The smallest absolute Gasteiger partial charge is 0.173 e. The number of phenolic OH excluding ortho intramolecular Hbond substituents is 1. The highest BCUT2D eigenvalue weighted by Crippen LogP contribution is 2.27. The van der Waals surface area contributed by atoms with Crippen LogP contribution >= 0.6 is 0 Å². The van der Waals surface area contributed by atoms with Crippen molar-refractivity contribution in [2.75, 3.05) is 0 Å². The number of hydrogen-bond acceptors (Lipinski definition) is 3. The van der Waals surface area contributed by atoms with Crippen molar-refractivity contribution in [3.05, 3.63) is 29.3 Å². The standard InChI is InChI=1S/C16H20O3/c1-11-6-5-9-13(16(11)19)15(18)10-14(17)12-7-3-2-4-8-12/h5-6,9,12,19H,2-4,7-8,10H2,1H3. The summed E-state index contributed by atoms with van der Waals surface area (Å²) in [7, 11) is 0. The molecule has 1 fully saturated rings. The minimum Gasteiger partial charge on any atom is -0.507 e. The van der Waals surface area contributed by atoms with Crippen LogP contribution in [0, 0.1) is 12.8 Å². The second-order valence-electron chi connectivity index (χ2n) is 5.37. The first-order valence-electron chi connectivity index (χ1n) is 6.94. The molecule has 0 heterocycles. The molecule has 2 rings (SSSR count). The quantitative estimate of drug-likeness (QED) is 0.666. The fraction of sp³-hybridized carbons (Fsp3) is 0.500. The number of aryl methyl sites for hydroxylation is 1. The number of carbonyl (C=O) groups excluding carboxylic acids is 2. The van der Waals surface area contributed by atoms with E-state index in [9.17, 15) is 14.7 Å². The highest BCUT2D eigenvalue weighted by atomic mass is 16.3. The van der Waals surface area contributed by atoms with Crippen LogP contribution < -0.4 is 0 Å². The Labute approximate surface area is 113 Å². The summed E-state index contributed by atoms with van der Waals surface area (Å²) in [6.07, 6.45) is 5.09. The summed E-state index contributed by atoms with van der Waals surface area (Å²) in [6, 6.07) is 5.06. The Kier molecular flexibility index (Phi) is 4.35. The van der Waals surface area contributed by atoms with Crippen LogP contribution in [0.25, 0.3) is 0 Å². The second-order valence-corrected chi connectivity index (χ2v) is 5.37. The zero-order valence-electron chi connectivity index (χ0n) is 11.3. The lowest BCUT2D eigenvalue weighted by Gasteiger charge is -2.19. The minimum absolute atomic E-state index is 0.00365. The Bertz CT molecular complexity index is 485. The van der Waals surface area contributed by atoms with Crippen LogP contribution in [0.1, 0.15) is 54.4 Å². The van der Waals surface area contributed by atoms with Crippen molar-refractivity contribution in [3.8, 4) is 5.75 Å². The van der Waals surface area contributed by atoms with Gasteiger partial charge in [0.1, 0.15) is 11.5 Å². The lowest BCUT2D eigenvalue weighted by Crippen LogP contribution is -2.20. The molecule has 0 aliphatic heterocycles. The Morgan fingerprint density at radius 3 is 2.58 bits per heavy atom. The summed E-state index contributed by atoms with van der Waals surface area (Å²) in [5.74, 6) is -0.184. The van der Waals surface area contributed by atoms with Crippen LogP contribution in [0.5, 0.6) is 5.75 Å². The van der Waals surface area contributed by atoms with Gasteiger partial charge >= 0.3 is 0 Å². The summed E-state index contributed by atoms with van der Waals surface area (Å²) >= 11 is 0. The number of phenols is 1. The zero-order chi connectivity index (χ0) is 13.8. The maximum atomic E-state index is 12.1. The average Bonchev–Trinajstić information content (AvgIpc) is 2.42. The van der Waals surface area contributed by atoms with Crippen molar-refractivity contribution in [3.63, 3.8) is 0 Å². The zero-order valence-corrected chi connectivity index (χ0v) is 11.3. The SMILES string of the molecule is Cc1cccc(C(=O)CC(=O)C2CCCCC2)c1O. The molecule has 19 heavy (non-hydrogen) atoms. The number of aromatic hydroxyl groups is 1. The Morgan fingerprint density at radius 2 is 1.89 bits per heavy atom. The van der Waals surface area contributed by atoms with Crippen LogP contribution in [0.2, 0.25) is 0 Å². The van der Waals surface area contributed by atoms with Crippen LogP contribution in [-0.4, -0.2) is 16.7 Å². The van der Waals surface area contributed by atoms with E-state index in [0.29, 0.717) is 5.56 Å². The predicted octanol–water partition coefficient (Wildman–Crippen LogP) is 3.42. The van der Waals surface area contributed by atoms with Gasteiger partial charge in [0.2, 0.25) is 0 Å². The second kappa shape index (κ2) is 6.00. The molecule has 0 bridgehead atoms. The van der Waals surface area contributed by atoms with Crippen molar-refractivity contribution in [2.45, 2.75) is 45.4 Å². The van der Waals surface area contributed by atoms with E-state index in [0.717, 1.165) is 25.7 Å². The molecule has 1 aromatic carbocycles. The van der Waals surface area contributed by atoms with Gasteiger partial charge in [-0.3, -0.25) is 9.59 Å². The van der Waals surface area contributed by atoms with E-state index in [1.165, 1.54) is 6.42 Å². The monoisotopic (exact) mass is 260 g/mol. The molecule has 1 saturated carbocycles. The molecule has 1 aliphatic carbocycles. The molecule has 3 nitrogen and oxygen atoms in total.